The van der Waals surface area contributed by atoms with E-state index in [1.54, 1.807) is 0 Å². The quantitative estimate of drug-likeness (QED) is 0.795. The van der Waals surface area contributed by atoms with Gasteiger partial charge in [0.15, 0.2) is 0 Å². The molecule has 1 aliphatic heterocycles. The molecule has 0 saturated carbocycles. The van der Waals surface area contributed by atoms with Crippen LogP contribution in [0.4, 0.5) is 0 Å². The van der Waals surface area contributed by atoms with Crippen molar-refractivity contribution in [3.05, 3.63) is 35.4 Å². The van der Waals surface area contributed by atoms with Gasteiger partial charge in [0.25, 0.3) is 0 Å². The van der Waals surface area contributed by atoms with Crippen LogP contribution in [0, 0.1) is 6.92 Å². The maximum absolute atomic E-state index is 5.69. The summed E-state index contributed by atoms with van der Waals surface area (Å²) in [7, 11) is 0. The lowest BCUT2D eigenvalue weighted by Crippen LogP contribution is -2.29. The topological polar surface area (TPSA) is 12.5 Å². The highest BCUT2D eigenvalue weighted by Crippen LogP contribution is 2.27. The average Bonchev–Trinajstić information content (AvgIpc) is 2.43. The lowest BCUT2D eigenvalue weighted by atomic mass is 9.98. The van der Waals surface area contributed by atoms with Crippen molar-refractivity contribution in [3.8, 4) is 5.75 Å². The van der Waals surface area contributed by atoms with E-state index in [-0.39, 0.29) is 0 Å². The first-order valence-corrected chi connectivity index (χ1v) is 7.39. The number of nitrogens with zero attached hydrogens (tertiary/aromatic N) is 1. The summed E-state index contributed by atoms with van der Waals surface area (Å²) >= 11 is 0. The summed E-state index contributed by atoms with van der Waals surface area (Å²) in [6, 6.07) is 6.58. The first-order chi connectivity index (χ1) is 9.24. The van der Waals surface area contributed by atoms with E-state index in [1.165, 1.54) is 36.2 Å². The van der Waals surface area contributed by atoms with Gasteiger partial charge in [-0.25, -0.2) is 0 Å². The molecule has 0 bridgehead atoms. The van der Waals surface area contributed by atoms with Crippen LogP contribution in [0.1, 0.15) is 37.8 Å². The van der Waals surface area contributed by atoms with E-state index in [4.69, 9.17) is 4.74 Å². The Morgan fingerprint density at radius 1 is 1.26 bits per heavy atom. The summed E-state index contributed by atoms with van der Waals surface area (Å²) in [5.74, 6) is 1.02. The van der Waals surface area contributed by atoms with Crippen molar-refractivity contribution in [3.63, 3.8) is 0 Å². The molecule has 0 radical (unpaired) electrons. The number of hydrogen-bond donors (Lipinski definition) is 0. The minimum Gasteiger partial charge on any atom is -0.494 e. The Balaban J connectivity index is 2.12. The van der Waals surface area contributed by atoms with Gasteiger partial charge in [-0.15, -0.1) is 0 Å². The maximum Gasteiger partial charge on any atom is 0.122 e. The van der Waals surface area contributed by atoms with Gasteiger partial charge in [-0.2, -0.15) is 0 Å². The van der Waals surface area contributed by atoms with Gasteiger partial charge in [-0.05, 0) is 56.0 Å². The van der Waals surface area contributed by atoms with Crippen molar-refractivity contribution in [1.29, 1.82) is 0 Å². The largest absolute Gasteiger partial charge is 0.494 e. The molecular weight excluding hydrogens is 234 g/mol. The molecule has 1 aromatic rings. The number of rotatable bonds is 5. The van der Waals surface area contributed by atoms with Crippen LogP contribution in [-0.2, 0) is 0 Å². The third-order valence-corrected chi connectivity index (χ3v) is 3.69. The van der Waals surface area contributed by atoms with Crippen LogP contribution >= 0.6 is 0 Å². The molecule has 0 spiro atoms. The van der Waals surface area contributed by atoms with Crippen LogP contribution < -0.4 is 4.74 Å². The fourth-order valence-electron chi connectivity index (χ4n) is 2.60. The highest BCUT2D eigenvalue weighted by molar-refractivity contribution is 5.68. The Bertz CT molecular complexity index is 451. The van der Waals surface area contributed by atoms with Crippen molar-refractivity contribution < 1.29 is 4.74 Å². The molecule has 0 atom stereocenters. The second-order valence-electron chi connectivity index (χ2n) is 5.19. The van der Waals surface area contributed by atoms with Gasteiger partial charge in [0.1, 0.15) is 5.75 Å². The van der Waals surface area contributed by atoms with E-state index in [0.29, 0.717) is 0 Å². The van der Waals surface area contributed by atoms with E-state index in [2.05, 4.69) is 43.0 Å². The molecule has 0 unspecified atom stereocenters. The van der Waals surface area contributed by atoms with Gasteiger partial charge < -0.3 is 4.74 Å². The highest BCUT2D eigenvalue weighted by Gasteiger charge is 2.13. The summed E-state index contributed by atoms with van der Waals surface area (Å²) in [4.78, 5) is 2.52. The number of aryl methyl sites for hydroxylation is 1. The monoisotopic (exact) mass is 259 g/mol. The lowest BCUT2D eigenvalue weighted by Gasteiger charge is -2.26. The average molecular weight is 259 g/mol. The van der Waals surface area contributed by atoms with Gasteiger partial charge in [-0.1, -0.05) is 25.1 Å². The fraction of sp³-hybridized carbons (Fsp3) is 0.529. The zero-order chi connectivity index (χ0) is 13.7. The minimum absolute atomic E-state index is 0.730. The first kappa shape index (κ1) is 14.1. The molecule has 2 rings (SSSR count). The molecule has 0 fully saturated rings. The van der Waals surface area contributed by atoms with Crippen molar-refractivity contribution >= 4 is 5.57 Å². The number of hydrogen-bond acceptors (Lipinski definition) is 2. The lowest BCUT2D eigenvalue weighted by molar-refractivity contribution is 0.302. The van der Waals surface area contributed by atoms with Gasteiger partial charge in [0.2, 0.25) is 0 Å². The van der Waals surface area contributed by atoms with Crippen LogP contribution in [0.15, 0.2) is 24.3 Å². The molecule has 2 nitrogen and oxygen atoms in total. The third-order valence-electron chi connectivity index (χ3n) is 3.69. The zero-order valence-electron chi connectivity index (χ0n) is 12.4. The van der Waals surface area contributed by atoms with E-state index in [0.717, 1.165) is 25.3 Å². The normalized spacial score (nSPS) is 16.3. The smallest absolute Gasteiger partial charge is 0.122 e. The van der Waals surface area contributed by atoms with E-state index < -0.39 is 0 Å². The Morgan fingerprint density at radius 3 is 2.74 bits per heavy atom. The van der Waals surface area contributed by atoms with Crippen LogP contribution in [0.5, 0.6) is 5.75 Å². The molecule has 0 aromatic heterocycles. The standard InChI is InChI=1S/C17H25NO/c1-4-10-18-11-8-15(9-12-18)16-7-6-14(3)17(13-16)19-5-2/h6-8,13H,4-5,9-12H2,1-3H3. The van der Waals surface area contributed by atoms with Crippen molar-refractivity contribution in [1.82, 2.24) is 4.90 Å². The van der Waals surface area contributed by atoms with E-state index in [9.17, 15) is 0 Å². The molecular formula is C17H25NO. The summed E-state index contributed by atoms with van der Waals surface area (Å²) in [6.45, 7) is 10.6. The second kappa shape index (κ2) is 6.76. The van der Waals surface area contributed by atoms with Crippen LogP contribution in [0.3, 0.4) is 0 Å². The Morgan fingerprint density at radius 2 is 2.11 bits per heavy atom. The van der Waals surface area contributed by atoms with Gasteiger partial charge in [0, 0.05) is 13.1 Å². The van der Waals surface area contributed by atoms with Crippen molar-refractivity contribution in [2.24, 2.45) is 0 Å². The molecule has 104 valence electrons. The maximum atomic E-state index is 5.69. The van der Waals surface area contributed by atoms with Crippen LogP contribution in [0.2, 0.25) is 0 Å². The Kier molecular flexibility index (Phi) is 5.03. The fourth-order valence-corrected chi connectivity index (χ4v) is 2.60. The minimum atomic E-state index is 0.730. The van der Waals surface area contributed by atoms with E-state index >= 15 is 0 Å². The van der Waals surface area contributed by atoms with Crippen LogP contribution in [0.25, 0.3) is 5.57 Å². The molecule has 0 aliphatic carbocycles. The molecule has 1 heterocycles. The van der Waals surface area contributed by atoms with Crippen molar-refractivity contribution in [2.45, 2.75) is 33.6 Å². The van der Waals surface area contributed by atoms with Gasteiger partial charge >= 0.3 is 0 Å². The number of benzene rings is 1. The summed E-state index contributed by atoms with van der Waals surface area (Å²) in [5.41, 5.74) is 4.01. The van der Waals surface area contributed by atoms with E-state index in [1.807, 2.05) is 6.92 Å². The molecule has 0 saturated heterocycles. The number of ether oxygens (including phenoxy) is 1. The summed E-state index contributed by atoms with van der Waals surface area (Å²) in [6.07, 6.45) is 4.76. The third kappa shape index (κ3) is 3.60. The Labute approximate surface area is 117 Å². The molecule has 1 aliphatic rings. The molecule has 0 amide bonds. The van der Waals surface area contributed by atoms with Gasteiger partial charge in [0.05, 0.1) is 6.61 Å². The molecule has 2 heteroatoms. The molecule has 0 N–H and O–H groups in total. The highest BCUT2D eigenvalue weighted by atomic mass is 16.5. The Hall–Kier alpha value is -1.28. The first-order valence-electron chi connectivity index (χ1n) is 7.39. The predicted octanol–water partition coefficient (Wildman–Crippen LogP) is 3.89. The summed E-state index contributed by atoms with van der Waals surface area (Å²) in [5, 5.41) is 0. The molecule has 19 heavy (non-hydrogen) atoms. The second-order valence-corrected chi connectivity index (χ2v) is 5.19. The summed E-state index contributed by atoms with van der Waals surface area (Å²) < 4.78 is 5.69. The molecule has 1 aromatic carbocycles. The van der Waals surface area contributed by atoms with Gasteiger partial charge in [-0.3, -0.25) is 4.90 Å². The van der Waals surface area contributed by atoms with Crippen molar-refractivity contribution in [2.75, 3.05) is 26.2 Å². The SMILES string of the molecule is CCCN1CC=C(c2ccc(C)c(OCC)c2)CC1. The van der Waals surface area contributed by atoms with Crippen LogP contribution in [-0.4, -0.2) is 31.1 Å². The predicted molar refractivity (Wildman–Crippen MR) is 81.7 cm³/mol. The zero-order valence-corrected chi connectivity index (χ0v) is 12.4.